The molecule has 7 heteroatoms. The Morgan fingerprint density at radius 2 is 1.86 bits per heavy atom. The van der Waals surface area contributed by atoms with E-state index in [-0.39, 0.29) is 12.5 Å². The molecule has 28 heavy (non-hydrogen) atoms. The van der Waals surface area contributed by atoms with Crippen molar-refractivity contribution in [2.75, 3.05) is 46.3 Å². The molecule has 0 spiro atoms. The van der Waals surface area contributed by atoms with Crippen molar-refractivity contribution in [3.8, 4) is 23.0 Å². The maximum atomic E-state index is 12.4. The number of rotatable bonds is 7. The van der Waals surface area contributed by atoms with E-state index >= 15 is 0 Å². The van der Waals surface area contributed by atoms with Crippen molar-refractivity contribution in [1.82, 2.24) is 4.90 Å². The first-order chi connectivity index (χ1) is 13.6. The first-order valence-electron chi connectivity index (χ1n) is 9.18. The Morgan fingerprint density at radius 3 is 2.61 bits per heavy atom. The van der Waals surface area contributed by atoms with Crippen LogP contribution in [0.25, 0.3) is 0 Å². The van der Waals surface area contributed by atoms with Crippen molar-refractivity contribution in [2.45, 2.75) is 13.0 Å². The number of anilines is 1. The normalized spacial score (nSPS) is 13.0. The van der Waals surface area contributed by atoms with Crippen LogP contribution < -0.4 is 24.3 Å². The lowest BCUT2D eigenvalue weighted by Gasteiger charge is -2.19. The summed E-state index contributed by atoms with van der Waals surface area (Å²) in [6.07, 6.45) is 0.843. The molecule has 2 aromatic carbocycles. The van der Waals surface area contributed by atoms with Crippen molar-refractivity contribution in [3.63, 3.8) is 0 Å². The standard InChI is InChI=1S/C21H26N2O5/c1-23(13-15-5-7-17(25-2)12-19(15)26-3)14-21(24)22-16-6-8-18-20(11-16)28-10-4-9-27-18/h5-8,11-12H,4,9-10,13-14H2,1-3H3,(H,22,24). The molecule has 0 aromatic heterocycles. The van der Waals surface area contributed by atoms with E-state index in [1.54, 1.807) is 20.3 Å². The minimum Gasteiger partial charge on any atom is -0.497 e. The second-order valence-corrected chi connectivity index (χ2v) is 6.61. The summed E-state index contributed by atoms with van der Waals surface area (Å²) in [6.45, 7) is 2.06. The Morgan fingerprint density at radius 1 is 1.07 bits per heavy atom. The third kappa shape index (κ3) is 5.07. The van der Waals surface area contributed by atoms with Gasteiger partial charge in [-0.05, 0) is 25.2 Å². The van der Waals surface area contributed by atoms with E-state index in [0.29, 0.717) is 36.9 Å². The molecule has 0 aliphatic carbocycles. The fourth-order valence-electron chi connectivity index (χ4n) is 3.02. The predicted octanol–water partition coefficient (Wildman–Crippen LogP) is 2.94. The summed E-state index contributed by atoms with van der Waals surface area (Å²) < 4.78 is 21.9. The second kappa shape index (κ2) is 9.32. The monoisotopic (exact) mass is 386 g/mol. The molecule has 1 aliphatic heterocycles. The van der Waals surface area contributed by atoms with Gasteiger partial charge in [-0.25, -0.2) is 0 Å². The van der Waals surface area contributed by atoms with Crippen LogP contribution in [0.3, 0.4) is 0 Å². The van der Waals surface area contributed by atoms with Gasteiger partial charge >= 0.3 is 0 Å². The summed E-state index contributed by atoms with van der Waals surface area (Å²) in [5, 5.41) is 2.91. The molecule has 0 atom stereocenters. The van der Waals surface area contributed by atoms with Gasteiger partial charge in [-0.3, -0.25) is 9.69 Å². The highest BCUT2D eigenvalue weighted by Crippen LogP contribution is 2.32. The van der Waals surface area contributed by atoms with E-state index in [1.165, 1.54) is 0 Å². The van der Waals surface area contributed by atoms with Crippen molar-refractivity contribution >= 4 is 11.6 Å². The summed E-state index contributed by atoms with van der Waals surface area (Å²) in [5.41, 5.74) is 1.67. The number of nitrogens with zero attached hydrogens (tertiary/aromatic N) is 1. The average molecular weight is 386 g/mol. The largest absolute Gasteiger partial charge is 0.497 e. The molecule has 150 valence electrons. The smallest absolute Gasteiger partial charge is 0.238 e. The molecule has 1 aliphatic rings. The van der Waals surface area contributed by atoms with Gasteiger partial charge in [0.1, 0.15) is 11.5 Å². The van der Waals surface area contributed by atoms with Gasteiger partial charge in [0.05, 0.1) is 34.0 Å². The number of amides is 1. The molecule has 0 fully saturated rings. The predicted molar refractivity (Wildman–Crippen MR) is 107 cm³/mol. The molecular formula is C21H26N2O5. The summed E-state index contributed by atoms with van der Waals surface area (Å²) in [4.78, 5) is 14.3. The van der Waals surface area contributed by atoms with Crippen LogP contribution in [-0.4, -0.2) is 51.8 Å². The molecule has 0 unspecified atom stereocenters. The number of hydrogen-bond acceptors (Lipinski definition) is 6. The van der Waals surface area contributed by atoms with Crippen molar-refractivity contribution in [2.24, 2.45) is 0 Å². The molecule has 3 rings (SSSR count). The zero-order chi connectivity index (χ0) is 19.9. The summed E-state index contributed by atoms with van der Waals surface area (Å²) >= 11 is 0. The van der Waals surface area contributed by atoms with Crippen LogP contribution in [0.5, 0.6) is 23.0 Å². The van der Waals surface area contributed by atoms with Crippen molar-refractivity contribution < 1.29 is 23.7 Å². The lowest BCUT2D eigenvalue weighted by molar-refractivity contribution is -0.117. The molecule has 1 N–H and O–H groups in total. The van der Waals surface area contributed by atoms with E-state index in [0.717, 1.165) is 23.5 Å². The van der Waals surface area contributed by atoms with Gasteiger partial charge in [-0.15, -0.1) is 0 Å². The number of carbonyl (C=O) groups is 1. The molecule has 2 aromatic rings. The van der Waals surface area contributed by atoms with E-state index in [1.807, 2.05) is 42.3 Å². The first kappa shape index (κ1) is 19.8. The zero-order valence-electron chi connectivity index (χ0n) is 16.5. The van der Waals surface area contributed by atoms with E-state index in [9.17, 15) is 4.79 Å². The number of benzene rings is 2. The second-order valence-electron chi connectivity index (χ2n) is 6.61. The SMILES string of the molecule is COc1ccc(CN(C)CC(=O)Nc2ccc3c(c2)OCCCO3)c(OC)c1. The Kier molecular flexibility index (Phi) is 6.60. The number of likely N-dealkylation sites (N-methyl/N-ethyl adjacent to an activating group) is 1. The number of fused-ring (bicyclic) bond motifs is 1. The average Bonchev–Trinajstić information content (AvgIpc) is 2.93. The van der Waals surface area contributed by atoms with Crippen LogP contribution in [-0.2, 0) is 11.3 Å². The van der Waals surface area contributed by atoms with Crippen LogP contribution in [0.1, 0.15) is 12.0 Å². The van der Waals surface area contributed by atoms with Gasteiger partial charge in [0, 0.05) is 36.3 Å². The topological polar surface area (TPSA) is 69.3 Å². The third-order valence-electron chi connectivity index (χ3n) is 4.38. The molecule has 0 bridgehead atoms. The van der Waals surface area contributed by atoms with Crippen LogP contribution in [0.2, 0.25) is 0 Å². The molecule has 1 heterocycles. The summed E-state index contributed by atoms with van der Waals surface area (Å²) in [5.74, 6) is 2.72. The number of hydrogen-bond donors (Lipinski definition) is 1. The van der Waals surface area contributed by atoms with Gasteiger partial charge in [-0.1, -0.05) is 6.07 Å². The maximum Gasteiger partial charge on any atom is 0.238 e. The summed E-state index contributed by atoms with van der Waals surface area (Å²) in [6, 6.07) is 11.1. The quantitative estimate of drug-likeness (QED) is 0.789. The molecular weight excluding hydrogens is 360 g/mol. The van der Waals surface area contributed by atoms with E-state index in [2.05, 4.69) is 5.32 Å². The minimum atomic E-state index is -0.107. The van der Waals surface area contributed by atoms with Crippen LogP contribution >= 0.6 is 0 Å². The Labute approximate surface area is 165 Å². The summed E-state index contributed by atoms with van der Waals surface area (Å²) in [7, 11) is 5.12. The number of ether oxygens (including phenoxy) is 4. The number of nitrogens with one attached hydrogen (secondary N) is 1. The third-order valence-corrected chi connectivity index (χ3v) is 4.38. The van der Waals surface area contributed by atoms with Gasteiger partial charge < -0.3 is 24.3 Å². The van der Waals surface area contributed by atoms with Crippen LogP contribution in [0, 0.1) is 0 Å². The lowest BCUT2D eigenvalue weighted by Crippen LogP contribution is -2.30. The van der Waals surface area contributed by atoms with Gasteiger partial charge in [0.2, 0.25) is 5.91 Å². The first-order valence-corrected chi connectivity index (χ1v) is 9.18. The van der Waals surface area contributed by atoms with Gasteiger partial charge in [0.25, 0.3) is 0 Å². The molecule has 1 amide bonds. The highest BCUT2D eigenvalue weighted by molar-refractivity contribution is 5.92. The van der Waals surface area contributed by atoms with E-state index < -0.39 is 0 Å². The highest BCUT2D eigenvalue weighted by Gasteiger charge is 2.14. The Balaban J connectivity index is 1.58. The maximum absolute atomic E-state index is 12.4. The van der Waals surface area contributed by atoms with Crippen LogP contribution in [0.4, 0.5) is 5.69 Å². The zero-order valence-corrected chi connectivity index (χ0v) is 16.5. The van der Waals surface area contributed by atoms with Gasteiger partial charge in [0.15, 0.2) is 11.5 Å². The van der Waals surface area contributed by atoms with Crippen molar-refractivity contribution in [1.29, 1.82) is 0 Å². The van der Waals surface area contributed by atoms with Crippen LogP contribution in [0.15, 0.2) is 36.4 Å². The fourth-order valence-corrected chi connectivity index (χ4v) is 3.02. The van der Waals surface area contributed by atoms with Crippen molar-refractivity contribution in [3.05, 3.63) is 42.0 Å². The minimum absolute atomic E-state index is 0.107. The lowest BCUT2D eigenvalue weighted by atomic mass is 10.2. The number of carbonyl (C=O) groups excluding carboxylic acids is 1. The van der Waals surface area contributed by atoms with E-state index in [4.69, 9.17) is 18.9 Å². The molecule has 7 nitrogen and oxygen atoms in total. The van der Waals surface area contributed by atoms with Gasteiger partial charge in [-0.2, -0.15) is 0 Å². The number of methoxy groups -OCH3 is 2. The Bertz CT molecular complexity index is 824. The molecule has 0 saturated carbocycles. The fraction of sp³-hybridized carbons (Fsp3) is 0.381. The Hall–Kier alpha value is -2.93. The molecule has 0 saturated heterocycles. The highest BCUT2D eigenvalue weighted by atomic mass is 16.5. The molecule has 0 radical (unpaired) electrons.